The van der Waals surface area contributed by atoms with E-state index >= 15 is 0 Å². The summed E-state index contributed by atoms with van der Waals surface area (Å²) < 4.78 is 15.1. The van der Waals surface area contributed by atoms with Gasteiger partial charge >= 0.3 is 0 Å². The van der Waals surface area contributed by atoms with Gasteiger partial charge < -0.3 is 10.1 Å². The first-order valence-corrected chi connectivity index (χ1v) is 11.3. The number of halogens is 2. The Balaban J connectivity index is 1.80. The molecular weight excluding hydrogens is 453 g/mol. The summed E-state index contributed by atoms with van der Waals surface area (Å²) in [7, 11) is 0. The molecule has 0 radical (unpaired) electrons. The van der Waals surface area contributed by atoms with E-state index in [9.17, 15) is 14.0 Å². The van der Waals surface area contributed by atoms with E-state index in [1.807, 2.05) is 36.4 Å². The molecule has 1 aromatic heterocycles. The highest BCUT2D eigenvalue weighted by Crippen LogP contribution is 2.35. The number of carbonyl (C=O) groups excluding carboxylic acids is 2. The monoisotopic (exact) mass is 477 g/mol. The topological polar surface area (TPSA) is 64.0 Å². The summed E-state index contributed by atoms with van der Waals surface area (Å²) in [5.74, 6) is -1.05. The lowest BCUT2D eigenvalue weighted by molar-refractivity contribution is -0.130. The lowest BCUT2D eigenvalue weighted by atomic mass is 9.84. The number of aromatic nitrogens is 2. The minimum atomic E-state index is -0.823. The fourth-order valence-corrected chi connectivity index (χ4v) is 4.16. The molecule has 4 rings (SSSR count). The van der Waals surface area contributed by atoms with Gasteiger partial charge in [-0.05, 0) is 53.6 Å². The highest BCUT2D eigenvalue weighted by Gasteiger charge is 2.31. The number of fused-ring (bicyclic) bond motifs is 1. The Morgan fingerprint density at radius 3 is 2.44 bits per heavy atom. The normalized spacial score (nSPS) is 13.4. The van der Waals surface area contributed by atoms with Crippen LogP contribution in [0.5, 0.6) is 0 Å². The largest absolute Gasteiger partial charge is 0.345 e. The number of nitrogens with zero attached hydrogens (tertiary/aromatic N) is 2. The molecule has 0 unspecified atom stereocenters. The zero-order valence-electron chi connectivity index (χ0n) is 19.1. The van der Waals surface area contributed by atoms with Crippen LogP contribution in [-0.4, -0.2) is 28.0 Å². The van der Waals surface area contributed by atoms with Crippen molar-refractivity contribution in [1.82, 2.24) is 15.1 Å². The van der Waals surface area contributed by atoms with Gasteiger partial charge in [0.2, 0.25) is 5.91 Å². The van der Waals surface area contributed by atoms with E-state index in [-0.39, 0.29) is 11.7 Å². The minimum Gasteiger partial charge on any atom is -0.345 e. The summed E-state index contributed by atoms with van der Waals surface area (Å²) in [5.41, 5.74) is 2.45. The lowest BCUT2D eigenvalue weighted by Gasteiger charge is -2.28. The third-order valence-corrected chi connectivity index (χ3v) is 6.09. The molecule has 7 heteroatoms. The molecule has 4 aromatic rings. The zero-order chi connectivity index (χ0) is 24.5. The second-order valence-electron chi connectivity index (χ2n) is 9.24. The summed E-state index contributed by atoms with van der Waals surface area (Å²) in [5, 5.41) is 8.70. The fraction of sp³-hybridized carbons (Fsp3) is 0.222. The molecule has 0 saturated carbocycles. The van der Waals surface area contributed by atoms with E-state index in [0.29, 0.717) is 5.02 Å². The molecule has 0 aliphatic carbocycles. The first-order chi connectivity index (χ1) is 16.2. The van der Waals surface area contributed by atoms with Gasteiger partial charge in [-0.3, -0.25) is 4.79 Å². The van der Waals surface area contributed by atoms with Crippen LogP contribution >= 0.6 is 11.6 Å². The second kappa shape index (κ2) is 9.39. The zero-order valence-corrected chi connectivity index (χ0v) is 19.9. The molecule has 0 bridgehead atoms. The number of carbonyl (C=O) groups is 2. The van der Waals surface area contributed by atoms with Gasteiger partial charge in [0.15, 0.2) is 0 Å². The molecule has 1 N–H and O–H groups in total. The molecule has 0 aliphatic rings. The van der Waals surface area contributed by atoms with Crippen molar-refractivity contribution in [2.75, 3.05) is 0 Å². The van der Waals surface area contributed by atoms with Gasteiger partial charge in [0.1, 0.15) is 12.1 Å². The van der Waals surface area contributed by atoms with Crippen LogP contribution in [0.2, 0.25) is 5.02 Å². The first kappa shape index (κ1) is 23.6. The molecule has 3 aromatic carbocycles. The Hall–Kier alpha value is -3.51. The number of rotatable bonds is 6. The van der Waals surface area contributed by atoms with Gasteiger partial charge in [-0.25, -0.2) is 9.07 Å². The lowest BCUT2D eigenvalue weighted by Crippen LogP contribution is -2.45. The fourth-order valence-electron chi connectivity index (χ4n) is 3.90. The summed E-state index contributed by atoms with van der Waals surface area (Å²) in [6.07, 6.45) is 2.47. The van der Waals surface area contributed by atoms with Crippen LogP contribution < -0.4 is 5.32 Å². The van der Waals surface area contributed by atoms with Crippen molar-refractivity contribution in [2.45, 2.75) is 32.7 Å². The summed E-state index contributed by atoms with van der Waals surface area (Å²) >= 11 is 6.54. The number of amides is 1. The van der Waals surface area contributed by atoms with Crippen molar-refractivity contribution in [3.63, 3.8) is 0 Å². The van der Waals surface area contributed by atoms with Crippen molar-refractivity contribution < 1.29 is 14.0 Å². The second-order valence-corrected chi connectivity index (χ2v) is 9.64. The van der Waals surface area contributed by atoms with E-state index in [0.717, 1.165) is 34.0 Å². The van der Waals surface area contributed by atoms with Crippen LogP contribution in [0.25, 0.3) is 16.6 Å². The van der Waals surface area contributed by atoms with Gasteiger partial charge in [0.05, 0.1) is 23.4 Å². The predicted octanol–water partition coefficient (Wildman–Crippen LogP) is 5.68. The SMILES string of the molecule is CC(C)(C)C(=O)N[C@H](C=O)[C@H](c1ccc2c(cnn2-c2ccc(F)cc2)c1)c1ccccc1Cl. The van der Waals surface area contributed by atoms with Crippen molar-refractivity contribution in [1.29, 1.82) is 0 Å². The highest BCUT2D eigenvalue weighted by molar-refractivity contribution is 6.31. The Morgan fingerprint density at radius 2 is 1.79 bits per heavy atom. The Morgan fingerprint density at radius 1 is 1.09 bits per heavy atom. The Bertz CT molecular complexity index is 1340. The van der Waals surface area contributed by atoms with Gasteiger partial charge in [-0.1, -0.05) is 56.6 Å². The van der Waals surface area contributed by atoms with Crippen LogP contribution in [0.15, 0.2) is 72.9 Å². The highest BCUT2D eigenvalue weighted by atomic mass is 35.5. The van der Waals surface area contributed by atoms with Crippen LogP contribution in [0.3, 0.4) is 0 Å². The third kappa shape index (κ3) is 4.73. The molecule has 34 heavy (non-hydrogen) atoms. The third-order valence-electron chi connectivity index (χ3n) is 5.75. The molecule has 1 heterocycles. The van der Waals surface area contributed by atoms with E-state index in [4.69, 9.17) is 11.6 Å². The van der Waals surface area contributed by atoms with Crippen LogP contribution in [0.4, 0.5) is 4.39 Å². The maximum absolute atomic E-state index is 13.4. The van der Waals surface area contributed by atoms with Crippen molar-refractivity contribution in [2.24, 2.45) is 5.41 Å². The molecule has 0 saturated heterocycles. The number of hydrogen-bond acceptors (Lipinski definition) is 3. The van der Waals surface area contributed by atoms with Gasteiger partial charge in [0, 0.05) is 21.7 Å². The molecular formula is C27H25ClFN3O2. The van der Waals surface area contributed by atoms with E-state index in [2.05, 4.69) is 10.4 Å². The number of hydrogen-bond donors (Lipinski definition) is 1. The van der Waals surface area contributed by atoms with Gasteiger partial charge in [0.25, 0.3) is 0 Å². The quantitative estimate of drug-likeness (QED) is 0.363. The number of benzene rings is 3. The molecule has 0 aliphatic heterocycles. The van der Waals surface area contributed by atoms with Gasteiger partial charge in [-0.15, -0.1) is 0 Å². The average Bonchev–Trinajstić information content (AvgIpc) is 3.23. The Labute approximate surface area is 202 Å². The van der Waals surface area contributed by atoms with E-state index in [1.165, 1.54) is 12.1 Å². The molecule has 0 spiro atoms. The number of nitrogens with one attached hydrogen (secondary N) is 1. The van der Waals surface area contributed by atoms with Gasteiger partial charge in [-0.2, -0.15) is 5.10 Å². The van der Waals surface area contributed by atoms with E-state index < -0.39 is 17.4 Å². The molecule has 0 fully saturated rings. The standard InChI is InChI=1S/C27H25ClFN3O2/c1-27(2,3)26(34)31-23(16-33)25(21-6-4-5-7-22(21)28)17-8-13-24-18(14-17)15-30-32(24)20-11-9-19(29)10-12-20/h4-16,23,25H,1-3H3,(H,31,34)/t23-,25-/m1/s1. The molecule has 2 atom stereocenters. The minimum absolute atomic E-state index is 0.230. The van der Waals surface area contributed by atoms with Crippen molar-refractivity contribution in [3.8, 4) is 5.69 Å². The van der Waals surface area contributed by atoms with Crippen LogP contribution in [-0.2, 0) is 9.59 Å². The summed E-state index contributed by atoms with van der Waals surface area (Å²) in [4.78, 5) is 25.0. The summed E-state index contributed by atoms with van der Waals surface area (Å²) in [6, 6.07) is 18.3. The number of aldehydes is 1. The average molecular weight is 478 g/mol. The molecule has 5 nitrogen and oxygen atoms in total. The first-order valence-electron chi connectivity index (χ1n) is 10.9. The predicted molar refractivity (Wildman–Crippen MR) is 132 cm³/mol. The van der Waals surface area contributed by atoms with E-state index in [1.54, 1.807) is 49.8 Å². The maximum atomic E-state index is 13.4. The van der Waals surface area contributed by atoms with Crippen molar-refractivity contribution >= 4 is 34.7 Å². The smallest absolute Gasteiger partial charge is 0.225 e. The Kier molecular flexibility index (Phi) is 6.53. The van der Waals surface area contributed by atoms with Crippen molar-refractivity contribution in [3.05, 3.63) is 94.9 Å². The summed E-state index contributed by atoms with van der Waals surface area (Å²) in [6.45, 7) is 5.39. The van der Waals surface area contributed by atoms with Crippen LogP contribution in [0, 0.1) is 11.2 Å². The molecule has 174 valence electrons. The van der Waals surface area contributed by atoms with Crippen LogP contribution in [0.1, 0.15) is 37.8 Å². The molecule has 1 amide bonds. The maximum Gasteiger partial charge on any atom is 0.225 e.